The van der Waals surface area contributed by atoms with Gasteiger partial charge in [0, 0.05) is 26.4 Å². The van der Waals surface area contributed by atoms with E-state index in [1.54, 1.807) is 19.1 Å². The summed E-state index contributed by atoms with van der Waals surface area (Å²) >= 11 is 0. The summed E-state index contributed by atoms with van der Waals surface area (Å²) in [7, 11) is -0.489. The number of hydrogen-bond acceptors (Lipinski definition) is 4. The van der Waals surface area contributed by atoms with Gasteiger partial charge in [-0.05, 0) is 41.8 Å². The van der Waals surface area contributed by atoms with Gasteiger partial charge in [-0.3, -0.25) is 4.99 Å². The maximum absolute atomic E-state index is 13.3. The van der Waals surface area contributed by atoms with Crippen LogP contribution in [0.15, 0.2) is 46.3 Å². The van der Waals surface area contributed by atoms with Crippen molar-refractivity contribution in [2.75, 3.05) is 20.4 Å². The number of alkyl halides is 3. The molecule has 2 rings (SSSR count). The molecule has 0 aliphatic carbocycles. The summed E-state index contributed by atoms with van der Waals surface area (Å²) in [5.41, 5.74) is 0.701. The molecule has 31 heavy (non-hydrogen) atoms. The smallest absolute Gasteiger partial charge is 0.416 e. The third kappa shape index (κ3) is 7.56. The lowest BCUT2D eigenvalue weighted by molar-refractivity contribution is -0.138. The van der Waals surface area contributed by atoms with Crippen molar-refractivity contribution in [3.05, 3.63) is 58.7 Å². The first-order valence-corrected chi connectivity index (χ1v) is 10.8. The van der Waals surface area contributed by atoms with Crippen LogP contribution in [0.4, 0.5) is 13.2 Å². The minimum atomic E-state index is -4.51. The van der Waals surface area contributed by atoms with Crippen molar-refractivity contribution in [3.63, 3.8) is 0 Å². The highest BCUT2D eigenvalue weighted by Crippen LogP contribution is 2.34. The Bertz CT molecular complexity index is 1040. The highest BCUT2D eigenvalue weighted by Gasteiger charge is 2.33. The van der Waals surface area contributed by atoms with E-state index in [0.717, 1.165) is 17.9 Å². The van der Waals surface area contributed by atoms with Crippen LogP contribution in [0.5, 0.6) is 5.75 Å². The van der Waals surface area contributed by atoms with Crippen LogP contribution in [0.2, 0.25) is 0 Å². The van der Waals surface area contributed by atoms with Crippen LogP contribution in [0.25, 0.3) is 0 Å². The van der Waals surface area contributed by atoms with E-state index in [1.807, 2.05) is 0 Å². The number of halogens is 4. The van der Waals surface area contributed by atoms with Gasteiger partial charge in [-0.2, -0.15) is 13.2 Å². The van der Waals surface area contributed by atoms with Gasteiger partial charge in [0.05, 0.1) is 17.6 Å². The zero-order chi connectivity index (χ0) is 22.5. The predicted molar refractivity (Wildman–Crippen MR) is 125 cm³/mol. The SMILES string of the molecule is CN=C(NCc1ccc(S(C)(=O)=O)c(C)c1)NCc1ccc(OC)cc1C(F)(F)F.I. The molecule has 0 saturated heterocycles. The fourth-order valence-corrected chi connectivity index (χ4v) is 3.88. The first-order valence-electron chi connectivity index (χ1n) is 8.94. The monoisotopic (exact) mass is 571 g/mol. The average molecular weight is 571 g/mol. The van der Waals surface area contributed by atoms with Gasteiger partial charge in [0.15, 0.2) is 15.8 Å². The zero-order valence-corrected chi connectivity index (χ0v) is 20.6. The number of rotatable bonds is 6. The highest BCUT2D eigenvalue weighted by atomic mass is 127. The molecule has 0 radical (unpaired) electrons. The quantitative estimate of drug-likeness (QED) is 0.313. The van der Waals surface area contributed by atoms with E-state index in [4.69, 9.17) is 4.74 Å². The molecule has 0 aromatic heterocycles. The van der Waals surface area contributed by atoms with Crippen molar-refractivity contribution in [1.29, 1.82) is 0 Å². The largest absolute Gasteiger partial charge is 0.497 e. The van der Waals surface area contributed by atoms with Crippen LogP contribution < -0.4 is 15.4 Å². The summed E-state index contributed by atoms with van der Waals surface area (Å²) in [4.78, 5) is 4.27. The molecule has 0 amide bonds. The van der Waals surface area contributed by atoms with E-state index < -0.39 is 21.6 Å². The van der Waals surface area contributed by atoms with Crippen LogP contribution in [0, 0.1) is 6.92 Å². The number of ether oxygens (including phenoxy) is 1. The van der Waals surface area contributed by atoms with Gasteiger partial charge in [0.25, 0.3) is 0 Å². The van der Waals surface area contributed by atoms with Crippen LogP contribution in [-0.4, -0.2) is 34.8 Å². The van der Waals surface area contributed by atoms with Crippen molar-refractivity contribution < 1.29 is 26.3 Å². The van der Waals surface area contributed by atoms with Crippen LogP contribution in [0.1, 0.15) is 22.3 Å². The topological polar surface area (TPSA) is 79.8 Å². The summed E-state index contributed by atoms with van der Waals surface area (Å²) in [5, 5.41) is 5.86. The zero-order valence-electron chi connectivity index (χ0n) is 17.5. The molecule has 0 aliphatic rings. The van der Waals surface area contributed by atoms with Crippen molar-refractivity contribution >= 4 is 39.8 Å². The number of benzene rings is 2. The second-order valence-corrected chi connectivity index (χ2v) is 8.66. The van der Waals surface area contributed by atoms with Gasteiger partial charge in [0.1, 0.15) is 5.75 Å². The van der Waals surface area contributed by atoms with Crippen molar-refractivity contribution in [3.8, 4) is 5.75 Å². The summed E-state index contributed by atoms with van der Waals surface area (Å²) in [6.45, 7) is 1.93. The molecule has 11 heteroatoms. The molecule has 2 aromatic rings. The number of aryl methyl sites for hydroxylation is 1. The number of hydrogen-bond donors (Lipinski definition) is 2. The van der Waals surface area contributed by atoms with E-state index in [2.05, 4.69) is 15.6 Å². The first-order chi connectivity index (χ1) is 14.0. The lowest BCUT2D eigenvalue weighted by Gasteiger charge is -2.17. The van der Waals surface area contributed by atoms with Gasteiger partial charge in [-0.25, -0.2) is 8.42 Å². The normalized spacial score (nSPS) is 12.2. The Hall–Kier alpha value is -2.02. The fraction of sp³-hybridized carbons (Fsp3) is 0.350. The average Bonchev–Trinajstić information content (AvgIpc) is 2.66. The highest BCUT2D eigenvalue weighted by molar-refractivity contribution is 14.0. The number of methoxy groups -OCH3 is 1. The Balaban J connectivity index is 0.00000480. The number of aliphatic imine (C=N–C) groups is 1. The summed E-state index contributed by atoms with van der Waals surface area (Å²) in [6.07, 6.45) is -3.37. The van der Waals surface area contributed by atoms with Gasteiger partial charge in [-0.15, -0.1) is 24.0 Å². The number of nitrogens with one attached hydrogen (secondary N) is 2. The van der Waals surface area contributed by atoms with Gasteiger partial charge in [0.2, 0.25) is 0 Å². The summed E-state index contributed by atoms with van der Waals surface area (Å²) in [5.74, 6) is 0.435. The van der Waals surface area contributed by atoms with E-state index in [0.29, 0.717) is 18.1 Å². The van der Waals surface area contributed by atoms with E-state index in [-0.39, 0.29) is 46.7 Å². The van der Waals surface area contributed by atoms with Crippen molar-refractivity contribution in [2.24, 2.45) is 4.99 Å². The summed E-state index contributed by atoms with van der Waals surface area (Å²) in [6, 6.07) is 8.73. The van der Waals surface area contributed by atoms with Gasteiger partial charge < -0.3 is 15.4 Å². The molecule has 172 valence electrons. The molecule has 0 aliphatic heterocycles. The molecule has 2 N–H and O–H groups in total. The minimum absolute atomic E-state index is 0. The Labute approximate surface area is 197 Å². The lowest BCUT2D eigenvalue weighted by atomic mass is 10.1. The Morgan fingerprint density at radius 1 is 1.10 bits per heavy atom. The molecule has 0 fully saturated rings. The van der Waals surface area contributed by atoms with Crippen molar-refractivity contribution in [2.45, 2.75) is 31.1 Å². The van der Waals surface area contributed by atoms with Gasteiger partial charge >= 0.3 is 6.18 Å². The van der Waals surface area contributed by atoms with Crippen LogP contribution in [0.3, 0.4) is 0 Å². The molecule has 0 unspecified atom stereocenters. The fourth-order valence-electron chi connectivity index (χ4n) is 2.92. The second kappa shape index (κ2) is 11.0. The third-order valence-electron chi connectivity index (χ3n) is 4.39. The standard InChI is InChI=1S/C20H24F3N3O3S.HI/c1-13-9-14(5-8-18(13)30(4,27)28)11-25-19(24-2)26-12-15-6-7-16(29-3)10-17(15)20(21,22)23;/h5-10H,11-12H2,1-4H3,(H2,24,25,26);1H. The minimum Gasteiger partial charge on any atom is -0.497 e. The van der Waals surface area contributed by atoms with Crippen LogP contribution in [-0.2, 0) is 29.1 Å². The van der Waals surface area contributed by atoms with Crippen molar-refractivity contribution in [1.82, 2.24) is 10.6 Å². The molecule has 0 heterocycles. The Kier molecular flexibility index (Phi) is 9.61. The molecule has 0 spiro atoms. The number of nitrogens with zero attached hydrogens (tertiary/aromatic N) is 1. The molecular formula is C20H25F3IN3O3S. The predicted octanol–water partition coefficient (Wildman–Crippen LogP) is 3.91. The number of guanidine groups is 1. The Morgan fingerprint density at radius 3 is 2.26 bits per heavy atom. The van der Waals surface area contributed by atoms with E-state index in [9.17, 15) is 21.6 Å². The van der Waals surface area contributed by atoms with Gasteiger partial charge in [-0.1, -0.05) is 18.2 Å². The van der Waals surface area contributed by atoms with E-state index >= 15 is 0 Å². The third-order valence-corrected chi connectivity index (χ3v) is 5.65. The molecular weight excluding hydrogens is 546 g/mol. The lowest BCUT2D eigenvalue weighted by Crippen LogP contribution is -2.36. The summed E-state index contributed by atoms with van der Waals surface area (Å²) < 4.78 is 68.3. The molecule has 0 bridgehead atoms. The molecule has 0 saturated carbocycles. The Morgan fingerprint density at radius 2 is 1.74 bits per heavy atom. The maximum atomic E-state index is 13.3. The molecule has 2 aromatic carbocycles. The molecule has 0 atom stereocenters. The second-order valence-electron chi connectivity index (χ2n) is 6.67. The maximum Gasteiger partial charge on any atom is 0.416 e. The number of sulfone groups is 1. The van der Waals surface area contributed by atoms with E-state index in [1.165, 1.54) is 32.4 Å². The van der Waals surface area contributed by atoms with Crippen LogP contribution >= 0.6 is 24.0 Å². The first kappa shape index (κ1) is 27.0. The molecule has 6 nitrogen and oxygen atoms in total.